The summed E-state index contributed by atoms with van der Waals surface area (Å²) in [6.45, 7) is 0. The Morgan fingerprint density at radius 1 is 1.00 bits per heavy atom. The van der Waals surface area contributed by atoms with Gasteiger partial charge >= 0.3 is 5.97 Å². The van der Waals surface area contributed by atoms with Crippen LogP contribution in [0.3, 0.4) is 0 Å². The monoisotopic (exact) mass is 276 g/mol. The van der Waals surface area contributed by atoms with Gasteiger partial charge in [-0.3, -0.25) is 4.57 Å². The Bertz CT molecular complexity index is 620. The van der Waals surface area contributed by atoms with Crippen molar-refractivity contribution < 1.29 is 19.0 Å². The maximum atomic E-state index is 12.9. The highest BCUT2D eigenvalue weighted by molar-refractivity contribution is 7.74. The van der Waals surface area contributed by atoms with Crippen LogP contribution in [0.25, 0.3) is 0 Å². The summed E-state index contributed by atoms with van der Waals surface area (Å²) in [5.74, 6) is -1.02. The molecule has 2 rings (SSSR count). The number of rotatable bonds is 4. The summed E-state index contributed by atoms with van der Waals surface area (Å²) in [7, 11) is -1.76. The van der Waals surface area contributed by atoms with Crippen molar-refractivity contribution in [1.29, 1.82) is 0 Å². The Morgan fingerprint density at radius 2 is 1.53 bits per heavy atom. The molecular formula is C14H13O4P. The third kappa shape index (κ3) is 2.60. The van der Waals surface area contributed by atoms with E-state index in [4.69, 9.17) is 9.63 Å². The van der Waals surface area contributed by atoms with Crippen LogP contribution in [0, 0.1) is 0 Å². The fourth-order valence-corrected chi connectivity index (χ4v) is 3.61. The zero-order valence-electron chi connectivity index (χ0n) is 10.3. The van der Waals surface area contributed by atoms with Gasteiger partial charge in [0.05, 0.1) is 5.56 Å². The summed E-state index contributed by atoms with van der Waals surface area (Å²) in [5, 5.41) is 9.91. The van der Waals surface area contributed by atoms with E-state index >= 15 is 0 Å². The number of benzene rings is 2. The average molecular weight is 276 g/mol. The van der Waals surface area contributed by atoms with Crippen molar-refractivity contribution >= 4 is 23.9 Å². The number of hydrogen-bond donors (Lipinski definition) is 1. The van der Waals surface area contributed by atoms with Gasteiger partial charge < -0.3 is 9.63 Å². The van der Waals surface area contributed by atoms with Crippen molar-refractivity contribution in [3.8, 4) is 0 Å². The van der Waals surface area contributed by atoms with Gasteiger partial charge in [0.1, 0.15) is 0 Å². The second-order valence-corrected chi connectivity index (χ2v) is 6.42. The van der Waals surface area contributed by atoms with E-state index in [0.29, 0.717) is 10.6 Å². The van der Waals surface area contributed by atoms with Crippen LogP contribution in [0.2, 0.25) is 0 Å². The molecule has 0 radical (unpaired) electrons. The van der Waals surface area contributed by atoms with E-state index in [-0.39, 0.29) is 5.56 Å². The second kappa shape index (κ2) is 5.39. The van der Waals surface area contributed by atoms with E-state index in [1.807, 2.05) is 6.07 Å². The Labute approximate surface area is 111 Å². The summed E-state index contributed by atoms with van der Waals surface area (Å²) in [6.07, 6.45) is 0. The van der Waals surface area contributed by atoms with Crippen LogP contribution in [0.4, 0.5) is 0 Å². The molecule has 1 N–H and O–H groups in total. The minimum Gasteiger partial charge on any atom is -0.478 e. The first-order valence-corrected chi connectivity index (χ1v) is 7.26. The summed E-state index contributed by atoms with van der Waals surface area (Å²) in [6, 6.07) is 14.8. The molecule has 98 valence electrons. The van der Waals surface area contributed by atoms with E-state index in [2.05, 4.69) is 0 Å². The van der Waals surface area contributed by atoms with Gasteiger partial charge in [0.25, 0.3) is 7.37 Å². The summed E-state index contributed by atoms with van der Waals surface area (Å²) < 4.78 is 18.1. The first kappa shape index (κ1) is 13.5. The third-order valence-electron chi connectivity index (χ3n) is 2.81. The van der Waals surface area contributed by atoms with Gasteiger partial charge in [0.15, 0.2) is 0 Å². The molecule has 2 aromatic carbocycles. The number of aromatic carboxylic acids is 1. The predicted octanol–water partition coefficient (Wildman–Crippen LogP) is 2.26. The van der Waals surface area contributed by atoms with Gasteiger partial charge in [-0.05, 0) is 36.4 Å². The van der Waals surface area contributed by atoms with Crippen LogP contribution in [-0.4, -0.2) is 18.2 Å². The summed E-state index contributed by atoms with van der Waals surface area (Å²) in [4.78, 5) is 10.8. The number of hydrogen-bond acceptors (Lipinski definition) is 3. The molecular weight excluding hydrogens is 263 g/mol. The van der Waals surface area contributed by atoms with Gasteiger partial charge in [-0.15, -0.1) is 0 Å². The lowest BCUT2D eigenvalue weighted by molar-refractivity contribution is 0.0697. The second-order valence-electron chi connectivity index (χ2n) is 3.92. The summed E-state index contributed by atoms with van der Waals surface area (Å²) in [5.41, 5.74) is 0.152. The van der Waals surface area contributed by atoms with Crippen LogP contribution in [-0.2, 0) is 9.09 Å². The third-order valence-corrected chi connectivity index (χ3v) is 5.28. The Kier molecular flexibility index (Phi) is 3.84. The van der Waals surface area contributed by atoms with Crippen molar-refractivity contribution in [2.75, 3.05) is 7.11 Å². The van der Waals surface area contributed by atoms with E-state index in [9.17, 15) is 9.36 Å². The molecule has 0 aliphatic rings. The van der Waals surface area contributed by atoms with Crippen LogP contribution in [0.1, 0.15) is 10.4 Å². The molecule has 5 heteroatoms. The number of carboxylic acid groups (broad SMARTS) is 1. The van der Waals surface area contributed by atoms with Crippen LogP contribution in [0.5, 0.6) is 0 Å². The van der Waals surface area contributed by atoms with Gasteiger partial charge in [0, 0.05) is 17.7 Å². The minimum absolute atomic E-state index is 0.152. The fourth-order valence-electron chi connectivity index (χ4n) is 1.78. The zero-order valence-corrected chi connectivity index (χ0v) is 11.2. The topological polar surface area (TPSA) is 63.6 Å². The smallest absolute Gasteiger partial charge is 0.335 e. The molecule has 4 nitrogen and oxygen atoms in total. The maximum absolute atomic E-state index is 12.9. The average Bonchev–Trinajstić information content (AvgIpc) is 2.47. The quantitative estimate of drug-likeness (QED) is 0.870. The fraction of sp³-hybridized carbons (Fsp3) is 0.0714. The van der Waals surface area contributed by atoms with Crippen molar-refractivity contribution in [2.24, 2.45) is 0 Å². The van der Waals surface area contributed by atoms with Gasteiger partial charge in [-0.25, -0.2) is 4.79 Å². The molecule has 0 heterocycles. The van der Waals surface area contributed by atoms with Crippen molar-refractivity contribution in [1.82, 2.24) is 0 Å². The molecule has 19 heavy (non-hydrogen) atoms. The zero-order chi connectivity index (χ0) is 13.9. The Hall–Kier alpha value is -1.90. The normalized spacial score (nSPS) is 13.7. The molecule has 0 saturated carbocycles. The van der Waals surface area contributed by atoms with E-state index in [0.717, 1.165) is 0 Å². The highest BCUT2D eigenvalue weighted by atomic mass is 31.2. The molecule has 0 fully saturated rings. The largest absolute Gasteiger partial charge is 0.478 e. The molecule has 0 saturated heterocycles. The van der Waals surface area contributed by atoms with Crippen molar-refractivity contribution in [2.45, 2.75) is 0 Å². The number of carboxylic acids is 1. The lowest BCUT2D eigenvalue weighted by Gasteiger charge is -2.16. The number of carbonyl (C=O) groups is 1. The predicted molar refractivity (Wildman–Crippen MR) is 73.7 cm³/mol. The SMILES string of the molecule is COP(=O)(c1ccccc1)c1ccc(C(=O)O)cc1. The molecule has 2 aromatic rings. The lowest BCUT2D eigenvalue weighted by Crippen LogP contribution is -2.17. The van der Waals surface area contributed by atoms with E-state index < -0.39 is 13.3 Å². The van der Waals surface area contributed by atoms with Crippen molar-refractivity contribution in [3.63, 3.8) is 0 Å². The minimum atomic E-state index is -3.15. The first-order chi connectivity index (χ1) is 9.08. The van der Waals surface area contributed by atoms with Crippen molar-refractivity contribution in [3.05, 3.63) is 60.2 Å². The molecule has 0 aromatic heterocycles. The van der Waals surface area contributed by atoms with Crippen LogP contribution < -0.4 is 10.6 Å². The maximum Gasteiger partial charge on any atom is 0.335 e. The molecule has 0 aliphatic heterocycles. The molecule has 0 aliphatic carbocycles. The highest BCUT2D eigenvalue weighted by Crippen LogP contribution is 2.43. The Balaban J connectivity index is 2.48. The van der Waals surface area contributed by atoms with E-state index in [1.165, 1.54) is 31.4 Å². The standard InChI is InChI=1S/C14H13O4P/c1-18-19(17,12-5-3-2-4-6-12)13-9-7-11(8-10-13)14(15)16/h2-10H,1H3,(H,15,16). The highest BCUT2D eigenvalue weighted by Gasteiger charge is 2.27. The molecule has 1 unspecified atom stereocenters. The van der Waals surface area contributed by atoms with Gasteiger partial charge in [-0.2, -0.15) is 0 Å². The molecule has 0 spiro atoms. The first-order valence-electron chi connectivity index (χ1n) is 5.63. The van der Waals surface area contributed by atoms with Gasteiger partial charge in [-0.1, -0.05) is 18.2 Å². The lowest BCUT2D eigenvalue weighted by atomic mass is 10.2. The summed E-state index contributed by atoms with van der Waals surface area (Å²) >= 11 is 0. The van der Waals surface area contributed by atoms with Crippen LogP contribution in [0.15, 0.2) is 54.6 Å². The molecule has 0 bridgehead atoms. The Morgan fingerprint density at radius 3 is 2.00 bits per heavy atom. The molecule has 0 amide bonds. The van der Waals surface area contributed by atoms with Gasteiger partial charge in [0.2, 0.25) is 0 Å². The van der Waals surface area contributed by atoms with Crippen LogP contribution >= 0.6 is 7.37 Å². The van der Waals surface area contributed by atoms with E-state index in [1.54, 1.807) is 24.3 Å². The molecule has 1 atom stereocenters.